The third-order valence-electron chi connectivity index (χ3n) is 2.19. The Morgan fingerprint density at radius 1 is 1.56 bits per heavy atom. The van der Waals surface area contributed by atoms with Gasteiger partial charge in [-0.25, -0.2) is 4.79 Å². The van der Waals surface area contributed by atoms with Crippen LogP contribution in [0.5, 0.6) is 0 Å². The zero-order chi connectivity index (χ0) is 11.7. The fourth-order valence-electron chi connectivity index (χ4n) is 1.47. The molecule has 1 aromatic heterocycles. The predicted molar refractivity (Wildman–Crippen MR) is 54.1 cm³/mol. The topological polar surface area (TPSA) is 98.1 Å². The number of benzene rings is 1. The molecule has 0 saturated carbocycles. The summed E-state index contributed by atoms with van der Waals surface area (Å²) in [4.78, 5) is 21.6. The predicted octanol–water partition coefficient (Wildman–Crippen LogP) is 1.26. The molecule has 16 heavy (non-hydrogen) atoms. The van der Waals surface area contributed by atoms with Crippen LogP contribution >= 0.6 is 0 Å². The Kier molecular flexibility index (Phi) is 2.28. The summed E-state index contributed by atoms with van der Waals surface area (Å²) >= 11 is 0. The number of carbonyl (C=O) groups is 1. The second-order valence-corrected chi connectivity index (χ2v) is 3.04. The summed E-state index contributed by atoms with van der Waals surface area (Å²) in [5.74, 6) is -0.751. The summed E-state index contributed by atoms with van der Waals surface area (Å²) in [5, 5.41) is 17.5. The van der Waals surface area contributed by atoms with Crippen molar-refractivity contribution in [3.8, 4) is 0 Å². The first-order valence-electron chi connectivity index (χ1n) is 4.34. The number of nitrogens with zero attached hydrogens (tertiary/aromatic N) is 2. The van der Waals surface area contributed by atoms with Gasteiger partial charge in [-0.2, -0.15) is 5.10 Å². The molecule has 1 N–H and O–H groups in total. The molecule has 0 atom stereocenters. The molecule has 0 bridgehead atoms. The standard InChI is InChI=1S/C9H7N3O4/c1-16-9(13)8-5-4-10-11-6(5)2-3-7(8)12(14)15/h2-4H,1H3,(H,10,11). The first kappa shape index (κ1) is 10.1. The normalized spacial score (nSPS) is 10.3. The molecule has 0 fully saturated rings. The number of H-pyrrole nitrogens is 1. The van der Waals surface area contributed by atoms with Crippen LogP contribution in [0, 0.1) is 10.1 Å². The SMILES string of the molecule is COC(=O)c1c([N+](=O)[O-])ccc2[nH]ncc12. The van der Waals surface area contributed by atoms with E-state index < -0.39 is 10.9 Å². The number of ether oxygens (including phenoxy) is 1. The number of aromatic nitrogens is 2. The molecule has 0 amide bonds. The number of nitro benzene ring substituents is 1. The number of fused-ring (bicyclic) bond motifs is 1. The molecule has 7 nitrogen and oxygen atoms in total. The van der Waals surface area contributed by atoms with E-state index in [0.717, 1.165) is 0 Å². The Bertz CT molecular complexity index is 575. The lowest BCUT2D eigenvalue weighted by atomic mass is 10.1. The molecule has 0 unspecified atom stereocenters. The Hall–Kier alpha value is -2.44. The summed E-state index contributed by atoms with van der Waals surface area (Å²) in [6, 6.07) is 2.74. The highest BCUT2D eigenvalue weighted by Gasteiger charge is 2.24. The first-order valence-corrected chi connectivity index (χ1v) is 4.34. The molecule has 0 saturated heterocycles. The summed E-state index contributed by atoms with van der Waals surface area (Å²) in [6.45, 7) is 0. The molecule has 2 rings (SSSR count). The van der Waals surface area contributed by atoms with Gasteiger partial charge in [-0.1, -0.05) is 0 Å². The Labute approximate surface area is 89.2 Å². The van der Waals surface area contributed by atoms with Crippen molar-refractivity contribution in [1.82, 2.24) is 10.2 Å². The highest BCUT2D eigenvalue weighted by Crippen LogP contribution is 2.27. The second kappa shape index (κ2) is 3.61. The minimum Gasteiger partial charge on any atom is -0.465 e. The van der Waals surface area contributed by atoms with Crippen LogP contribution in [0.15, 0.2) is 18.3 Å². The fraction of sp³-hybridized carbons (Fsp3) is 0.111. The molecule has 0 aliphatic heterocycles. The molecular weight excluding hydrogens is 214 g/mol. The van der Waals surface area contributed by atoms with Crippen LogP contribution in [0.4, 0.5) is 5.69 Å². The van der Waals surface area contributed by atoms with Gasteiger partial charge in [0.1, 0.15) is 5.56 Å². The van der Waals surface area contributed by atoms with Gasteiger partial charge in [0, 0.05) is 11.5 Å². The van der Waals surface area contributed by atoms with Crippen LogP contribution in [0.1, 0.15) is 10.4 Å². The summed E-state index contributed by atoms with van der Waals surface area (Å²) in [6.07, 6.45) is 1.36. The van der Waals surface area contributed by atoms with E-state index in [1.807, 2.05) is 0 Å². The zero-order valence-corrected chi connectivity index (χ0v) is 8.26. The van der Waals surface area contributed by atoms with E-state index in [-0.39, 0.29) is 11.3 Å². The number of rotatable bonds is 2. The Morgan fingerprint density at radius 3 is 2.94 bits per heavy atom. The first-order chi connectivity index (χ1) is 7.65. The fourth-order valence-corrected chi connectivity index (χ4v) is 1.47. The van der Waals surface area contributed by atoms with Gasteiger partial charge in [-0.15, -0.1) is 0 Å². The number of nitrogens with one attached hydrogen (secondary N) is 1. The molecule has 1 heterocycles. The third kappa shape index (κ3) is 1.38. The lowest BCUT2D eigenvalue weighted by Crippen LogP contribution is -2.06. The van der Waals surface area contributed by atoms with Gasteiger partial charge in [-0.05, 0) is 6.07 Å². The zero-order valence-electron chi connectivity index (χ0n) is 8.26. The van der Waals surface area contributed by atoms with Crippen molar-refractivity contribution in [2.45, 2.75) is 0 Å². The molecule has 0 aliphatic rings. The van der Waals surface area contributed by atoms with Crippen LogP contribution in [-0.4, -0.2) is 28.2 Å². The highest BCUT2D eigenvalue weighted by molar-refractivity contribution is 6.07. The van der Waals surface area contributed by atoms with Crippen LogP contribution < -0.4 is 0 Å². The average Bonchev–Trinajstić information content (AvgIpc) is 2.74. The van der Waals surface area contributed by atoms with E-state index in [9.17, 15) is 14.9 Å². The molecule has 1 aromatic carbocycles. The number of esters is 1. The average molecular weight is 221 g/mol. The summed E-state index contributed by atoms with van der Waals surface area (Å²) in [5.41, 5.74) is 0.172. The van der Waals surface area contributed by atoms with Crippen molar-refractivity contribution >= 4 is 22.6 Å². The minimum atomic E-state index is -0.751. The monoisotopic (exact) mass is 221 g/mol. The number of hydrogen-bond acceptors (Lipinski definition) is 5. The molecule has 0 spiro atoms. The van der Waals surface area contributed by atoms with E-state index >= 15 is 0 Å². The lowest BCUT2D eigenvalue weighted by Gasteiger charge is -2.01. The maximum atomic E-state index is 11.5. The van der Waals surface area contributed by atoms with Crippen molar-refractivity contribution in [2.75, 3.05) is 7.11 Å². The number of nitro groups is 1. The van der Waals surface area contributed by atoms with Crippen molar-refractivity contribution < 1.29 is 14.5 Å². The van der Waals surface area contributed by atoms with E-state index in [4.69, 9.17) is 0 Å². The number of methoxy groups -OCH3 is 1. The summed E-state index contributed by atoms with van der Waals surface area (Å²) < 4.78 is 4.52. The molecule has 7 heteroatoms. The Morgan fingerprint density at radius 2 is 2.31 bits per heavy atom. The minimum absolute atomic E-state index is 0.0845. The van der Waals surface area contributed by atoms with Gasteiger partial charge in [0.15, 0.2) is 0 Å². The van der Waals surface area contributed by atoms with Crippen molar-refractivity contribution in [2.24, 2.45) is 0 Å². The molecular formula is C9H7N3O4. The smallest absolute Gasteiger partial charge is 0.345 e. The Balaban J connectivity index is 2.80. The maximum Gasteiger partial charge on any atom is 0.345 e. The van der Waals surface area contributed by atoms with Gasteiger partial charge in [0.05, 0.1) is 23.7 Å². The third-order valence-corrected chi connectivity index (χ3v) is 2.19. The van der Waals surface area contributed by atoms with Crippen LogP contribution in [0.3, 0.4) is 0 Å². The number of hydrogen-bond donors (Lipinski definition) is 1. The highest BCUT2D eigenvalue weighted by atomic mass is 16.6. The largest absolute Gasteiger partial charge is 0.465 e. The van der Waals surface area contributed by atoms with Gasteiger partial charge in [0.2, 0.25) is 0 Å². The van der Waals surface area contributed by atoms with E-state index in [0.29, 0.717) is 10.9 Å². The van der Waals surface area contributed by atoms with Crippen molar-refractivity contribution in [1.29, 1.82) is 0 Å². The van der Waals surface area contributed by atoms with Crippen molar-refractivity contribution in [3.63, 3.8) is 0 Å². The molecule has 82 valence electrons. The second-order valence-electron chi connectivity index (χ2n) is 3.04. The maximum absolute atomic E-state index is 11.5. The summed E-state index contributed by atoms with van der Waals surface area (Å²) in [7, 11) is 1.17. The molecule has 0 radical (unpaired) electrons. The van der Waals surface area contributed by atoms with E-state index in [2.05, 4.69) is 14.9 Å². The number of aromatic amines is 1. The quantitative estimate of drug-likeness (QED) is 0.467. The van der Waals surface area contributed by atoms with Gasteiger partial charge in [-0.3, -0.25) is 15.2 Å². The van der Waals surface area contributed by atoms with Gasteiger partial charge >= 0.3 is 5.97 Å². The van der Waals surface area contributed by atoms with Crippen LogP contribution in [0.2, 0.25) is 0 Å². The van der Waals surface area contributed by atoms with Crippen molar-refractivity contribution in [3.05, 3.63) is 34.0 Å². The molecule has 0 aliphatic carbocycles. The van der Waals surface area contributed by atoms with E-state index in [1.54, 1.807) is 0 Å². The van der Waals surface area contributed by atoms with Gasteiger partial charge in [0.25, 0.3) is 5.69 Å². The number of carbonyl (C=O) groups excluding carboxylic acids is 1. The van der Waals surface area contributed by atoms with Crippen LogP contribution in [-0.2, 0) is 4.74 Å². The molecule has 2 aromatic rings. The lowest BCUT2D eigenvalue weighted by molar-refractivity contribution is -0.385. The van der Waals surface area contributed by atoms with E-state index in [1.165, 1.54) is 25.4 Å². The van der Waals surface area contributed by atoms with Gasteiger partial charge < -0.3 is 4.74 Å². The van der Waals surface area contributed by atoms with Crippen LogP contribution in [0.25, 0.3) is 10.9 Å².